The molecule has 3 rings (SSSR count). The van der Waals surface area contributed by atoms with Crippen LogP contribution in [0.1, 0.15) is 43.0 Å². The van der Waals surface area contributed by atoms with Crippen molar-refractivity contribution < 1.29 is 18.3 Å². The van der Waals surface area contributed by atoms with Gasteiger partial charge in [0, 0.05) is 36.2 Å². The lowest BCUT2D eigenvalue weighted by molar-refractivity contribution is -0.140. The molecular formula is C16H18F3N3O. The third kappa shape index (κ3) is 3.55. The summed E-state index contributed by atoms with van der Waals surface area (Å²) in [4.78, 5) is 10.5. The fourth-order valence-corrected chi connectivity index (χ4v) is 3.04. The molecule has 1 saturated carbocycles. The summed E-state index contributed by atoms with van der Waals surface area (Å²) < 4.78 is 37.7. The number of hydrogen-bond acceptors (Lipinski definition) is 3. The lowest BCUT2D eigenvalue weighted by atomic mass is 9.80. The Labute approximate surface area is 131 Å². The van der Waals surface area contributed by atoms with E-state index in [1.165, 1.54) is 0 Å². The summed E-state index contributed by atoms with van der Waals surface area (Å²) >= 11 is 0. The predicted octanol–water partition coefficient (Wildman–Crippen LogP) is 3.76. The number of halogens is 3. The van der Waals surface area contributed by atoms with Gasteiger partial charge < -0.3 is 10.1 Å². The Hall–Kier alpha value is -1.89. The van der Waals surface area contributed by atoms with Gasteiger partial charge in [-0.05, 0) is 43.7 Å². The van der Waals surface area contributed by atoms with Gasteiger partial charge in [0.15, 0.2) is 5.69 Å². The van der Waals surface area contributed by atoms with Crippen LogP contribution in [-0.4, -0.2) is 26.7 Å². The van der Waals surface area contributed by atoms with Crippen molar-refractivity contribution in [3.8, 4) is 11.4 Å². The van der Waals surface area contributed by atoms with Crippen molar-refractivity contribution in [1.29, 1.82) is 0 Å². The minimum atomic E-state index is -4.45. The van der Waals surface area contributed by atoms with Gasteiger partial charge in [0.1, 0.15) is 5.82 Å². The van der Waals surface area contributed by atoms with Crippen molar-refractivity contribution in [2.24, 2.45) is 5.92 Å². The molecule has 23 heavy (non-hydrogen) atoms. The maximum atomic E-state index is 12.6. The van der Waals surface area contributed by atoms with Crippen molar-refractivity contribution >= 4 is 0 Å². The van der Waals surface area contributed by atoms with Crippen molar-refractivity contribution in [2.45, 2.75) is 37.8 Å². The Balaban J connectivity index is 1.71. The number of rotatable bonds is 3. The second kappa shape index (κ2) is 6.31. The summed E-state index contributed by atoms with van der Waals surface area (Å²) in [6.07, 6.45) is 1.90. The molecule has 2 aromatic rings. The second-order valence-electron chi connectivity index (χ2n) is 6.00. The van der Waals surface area contributed by atoms with Gasteiger partial charge in [-0.25, -0.2) is 4.98 Å². The molecule has 124 valence electrons. The quantitative estimate of drug-likeness (QED) is 0.903. The van der Waals surface area contributed by atoms with E-state index in [1.54, 1.807) is 12.3 Å². The van der Waals surface area contributed by atoms with E-state index in [0.717, 1.165) is 37.6 Å². The number of hydrogen-bond donors (Lipinski definition) is 2. The van der Waals surface area contributed by atoms with Crippen LogP contribution < -0.4 is 0 Å². The van der Waals surface area contributed by atoms with E-state index < -0.39 is 11.9 Å². The highest BCUT2D eigenvalue weighted by Gasteiger charge is 2.33. The van der Waals surface area contributed by atoms with Crippen LogP contribution in [0.2, 0.25) is 0 Å². The molecule has 4 nitrogen and oxygen atoms in total. The van der Waals surface area contributed by atoms with Crippen LogP contribution in [0.3, 0.4) is 0 Å². The molecule has 1 aliphatic rings. The number of aromatic nitrogens is 3. The summed E-state index contributed by atoms with van der Waals surface area (Å²) in [5.74, 6) is 0.906. The molecule has 0 spiro atoms. The molecule has 1 fully saturated rings. The molecule has 0 atom stereocenters. The minimum Gasteiger partial charge on any atom is -0.396 e. The molecule has 0 aromatic carbocycles. The topological polar surface area (TPSA) is 61.8 Å². The molecule has 0 aliphatic heterocycles. The molecule has 0 saturated heterocycles. The molecule has 0 bridgehead atoms. The zero-order valence-corrected chi connectivity index (χ0v) is 12.5. The highest BCUT2D eigenvalue weighted by atomic mass is 19.4. The number of pyridine rings is 1. The smallest absolute Gasteiger partial charge is 0.396 e. The summed E-state index contributed by atoms with van der Waals surface area (Å²) in [5.41, 5.74) is 0.555. The highest BCUT2D eigenvalue weighted by Crippen LogP contribution is 2.35. The number of alkyl halides is 3. The molecule has 0 unspecified atom stereocenters. The first-order valence-electron chi connectivity index (χ1n) is 7.67. The lowest BCUT2D eigenvalue weighted by Crippen LogP contribution is -2.16. The Morgan fingerprint density at radius 3 is 2.43 bits per heavy atom. The first kappa shape index (κ1) is 16.0. The fraction of sp³-hybridized carbons (Fsp3) is 0.500. The van der Waals surface area contributed by atoms with Crippen LogP contribution in [0.15, 0.2) is 24.5 Å². The Bertz CT molecular complexity index is 643. The number of H-pyrrole nitrogens is 1. The average Bonchev–Trinajstić information content (AvgIpc) is 3.05. The Morgan fingerprint density at radius 2 is 1.91 bits per heavy atom. The number of nitrogens with zero attached hydrogens (tertiary/aromatic N) is 2. The molecule has 0 radical (unpaired) electrons. The number of nitrogens with one attached hydrogen (secondary N) is 1. The Kier molecular flexibility index (Phi) is 4.39. The van der Waals surface area contributed by atoms with Crippen molar-refractivity contribution in [3.63, 3.8) is 0 Å². The first-order chi connectivity index (χ1) is 11.0. The van der Waals surface area contributed by atoms with Gasteiger partial charge in [0.2, 0.25) is 0 Å². The Morgan fingerprint density at radius 1 is 1.17 bits per heavy atom. The summed E-state index contributed by atoms with van der Waals surface area (Å²) in [6.45, 7) is 0.235. The van der Waals surface area contributed by atoms with Gasteiger partial charge in [0.05, 0.1) is 0 Å². The van der Waals surface area contributed by atoms with Crippen LogP contribution in [0.25, 0.3) is 11.4 Å². The van der Waals surface area contributed by atoms with Gasteiger partial charge in [-0.3, -0.25) is 4.98 Å². The van der Waals surface area contributed by atoms with Crippen molar-refractivity contribution in [2.75, 3.05) is 6.61 Å². The minimum absolute atomic E-state index is 0.167. The summed E-state index contributed by atoms with van der Waals surface area (Å²) in [5, 5.41) is 9.16. The highest BCUT2D eigenvalue weighted by molar-refractivity contribution is 5.54. The normalized spacial score (nSPS) is 22.3. The van der Waals surface area contributed by atoms with Gasteiger partial charge in [-0.2, -0.15) is 13.2 Å². The third-order valence-electron chi connectivity index (χ3n) is 4.45. The van der Waals surface area contributed by atoms with Gasteiger partial charge >= 0.3 is 6.18 Å². The maximum Gasteiger partial charge on any atom is 0.434 e. The summed E-state index contributed by atoms with van der Waals surface area (Å²) in [7, 11) is 0. The molecular weight excluding hydrogens is 307 g/mol. The first-order valence-corrected chi connectivity index (χ1v) is 7.67. The van der Waals surface area contributed by atoms with E-state index in [9.17, 15) is 13.2 Å². The van der Waals surface area contributed by atoms with E-state index in [0.29, 0.717) is 17.4 Å². The lowest BCUT2D eigenvalue weighted by Gasteiger charge is -2.26. The van der Waals surface area contributed by atoms with Crippen LogP contribution >= 0.6 is 0 Å². The number of aromatic amines is 1. The van der Waals surface area contributed by atoms with Crippen LogP contribution in [0.4, 0.5) is 13.2 Å². The van der Waals surface area contributed by atoms with Crippen LogP contribution in [-0.2, 0) is 6.18 Å². The summed E-state index contributed by atoms with van der Waals surface area (Å²) in [6, 6.07) is 3.61. The van der Waals surface area contributed by atoms with E-state index in [-0.39, 0.29) is 12.4 Å². The molecule has 0 amide bonds. The predicted molar refractivity (Wildman–Crippen MR) is 78.6 cm³/mol. The second-order valence-corrected chi connectivity index (χ2v) is 6.00. The molecule has 7 heteroatoms. The SMILES string of the molecule is OCC1CCC(c2ccc(-c3nc(C(F)(F)F)c[nH]3)cn2)CC1. The number of aliphatic hydroxyl groups is 1. The zero-order valence-electron chi connectivity index (χ0n) is 12.5. The van der Waals surface area contributed by atoms with Gasteiger partial charge in [-0.1, -0.05) is 0 Å². The fourth-order valence-electron chi connectivity index (χ4n) is 3.04. The molecule has 2 N–H and O–H groups in total. The average molecular weight is 325 g/mol. The van der Waals surface area contributed by atoms with E-state index in [4.69, 9.17) is 5.11 Å². The van der Waals surface area contributed by atoms with E-state index in [2.05, 4.69) is 15.0 Å². The van der Waals surface area contributed by atoms with Crippen LogP contribution in [0.5, 0.6) is 0 Å². The van der Waals surface area contributed by atoms with Gasteiger partial charge in [-0.15, -0.1) is 0 Å². The number of aliphatic hydroxyl groups excluding tert-OH is 1. The zero-order chi connectivity index (χ0) is 16.4. The van der Waals surface area contributed by atoms with E-state index in [1.807, 2.05) is 6.07 Å². The van der Waals surface area contributed by atoms with Crippen molar-refractivity contribution in [1.82, 2.24) is 15.0 Å². The monoisotopic (exact) mass is 325 g/mol. The molecule has 1 aliphatic carbocycles. The molecule has 2 aromatic heterocycles. The maximum absolute atomic E-state index is 12.6. The van der Waals surface area contributed by atoms with Crippen molar-refractivity contribution in [3.05, 3.63) is 35.9 Å². The van der Waals surface area contributed by atoms with Gasteiger partial charge in [0.25, 0.3) is 0 Å². The largest absolute Gasteiger partial charge is 0.434 e. The third-order valence-corrected chi connectivity index (χ3v) is 4.45. The van der Waals surface area contributed by atoms with E-state index >= 15 is 0 Å². The van der Waals surface area contributed by atoms with Crippen LogP contribution in [0, 0.1) is 5.92 Å². The number of imidazole rings is 1. The standard InChI is InChI=1S/C16H18F3N3O/c17-16(18,19)14-8-21-15(22-14)12-5-6-13(20-7-12)11-3-1-10(9-23)2-4-11/h5-8,10-11,23H,1-4,9H2,(H,21,22). The molecule has 2 heterocycles.